The van der Waals surface area contributed by atoms with E-state index in [1.165, 1.54) is 6.26 Å². The largest absolute Gasteiger partial charge is 0.352 e. The third kappa shape index (κ3) is 3.00. The molecule has 0 fully saturated rings. The average molecular weight is 346 g/mol. The average Bonchev–Trinajstić information content (AvgIpc) is 2.36. The Hall–Kier alpha value is -0.880. The molecule has 0 spiro atoms. The Kier molecular flexibility index (Phi) is 4.01. The zero-order chi connectivity index (χ0) is 14.2. The van der Waals surface area contributed by atoms with Gasteiger partial charge in [0.2, 0.25) is 0 Å². The molecule has 1 heterocycles. The second-order valence-electron chi connectivity index (χ2n) is 4.86. The first-order chi connectivity index (χ1) is 8.80. The number of hydrogen-bond acceptors (Lipinski definition) is 3. The number of sulfone groups is 1. The van der Waals surface area contributed by atoms with Gasteiger partial charge in [-0.2, -0.15) is 0 Å². The van der Waals surface area contributed by atoms with Gasteiger partial charge in [-0.05, 0) is 30.5 Å². The highest BCUT2D eigenvalue weighted by Gasteiger charge is 2.26. The van der Waals surface area contributed by atoms with E-state index < -0.39 is 15.1 Å². The van der Waals surface area contributed by atoms with Crippen molar-refractivity contribution < 1.29 is 13.2 Å². The Balaban J connectivity index is 2.37. The molecule has 0 saturated carbocycles. The maximum absolute atomic E-state index is 11.8. The monoisotopic (exact) mass is 345 g/mol. The van der Waals surface area contributed by atoms with Crippen molar-refractivity contribution in [2.24, 2.45) is 0 Å². The lowest BCUT2D eigenvalue weighted by molar-refractivity contribution is 0.0946. The van der Waals surface area contributed by atoms with Crippen LogP contribution < -0.4 is 5.32 Å². The maximum Gasteiger partial charge on any atom is 0.251 e. The van der Waals surface area contributed by atoms with Crippen molar-refractivity contribution in [2.45, 2.75) is 23.4 Å². The van der Waals surface area contributed by atoms with Crippen molar-refractivity contribution in [2.75, 3.05) is 12.8 Å². The second kappa shape index (κ2) is 5.25. The van der Waals surface area contributed by atoms with Crippen LogP contribution >= 0.6 is 15.9 Å². The van der Waals surface area contributed by atoms with Gasteiger partial charge in [-0.3, -0.25) is 4.79 Å². The summed E-state index contributed by atoms with van der Waals surface area (Å²) in [5.74, 6) is -0.0881. The number of hydrogen-bond donors (Lipinski definition) is 1. The van der Waals surface area contributed by atoms with E-state index in [4.69, 9.17) is 0 Å². The van der Waals surface area contributed by atoms with Crippen molar-refractivity contribution in [3.63, 3.8) is 0 Å². The summed E-state index contributed by atoms with van der Waals surface area (Å²) in [5.41, 5.74) is 2.47. The van der Waals surface area contributed by atoms with Crippen molar-refractivity contribution in [3.8, 4) is 0 Å². The predicted molar refractivity (Wildman–Crippen MR) is 78.5 cm³/mol. The summed E-state index contributed by atoms with van der Waals surface area (Å²) < 4.78 is 23.2. The molecule has 1 aliphatic heterocycles. The fraction of sp³-hybridized carbons (Fsp3) is 0.462. The number of benzene rings is 1. The van der Waals surface area contributed by atoms with E-state index >= 15 is 0 Å². The minimum absolute atomic E-state index is 0.0881. The Bertz CT molecular complexity index is 612. The zero-order valence-corrected chi connectivity index (χ0v) is 13.2. The number of alkyl halides is 1. The number of carbonyl (C=O) groups excluding carboxylic acids is 1. The number of fused-ring (bicyclic) bond motifs is 1. The third-order valence-electron chi connectivity index (χ3n) is 3.46. The lowest BCUT2D eigenvalue weighted by Crippen LogP contribution is -2.32. The van der Waals surface area contributed by atoms with E-state index in [9.17, 15) is 13.2 Å². The topological polar surface area (TPSA) is 63.2 Å². The first-order valence-corrected chi connectivity index (χ1v) is 8.91. The third-order valence-corrected chi connectivity index (χ3v) is 6.76. The first-order valence-electron chi connectivity index (χ1n) is 6.04. The highest BCUT2D eigenvalue weighted by molar-refractivity contribution is 9.09. The molecule has 1 amide bonds. The Morgan fingerprint density at radius 2 is 2.05 bits per heavy atom. The summed E-state index contributed by atoms with van der Waals surface area (Å²) in [4.78, 5) is 11.5. The molecule has 2 atom stereocenters. The van der Waals surface area contributed by atoms with Crippen LogP contribution in [0.25, 0.3) is 0 Å². The molecule has 1 aliphatic rings. The van der Waals surface area contributed by atoms with Crippen LogP contribution in [0.3, 0.4) is 0 Å². The molecule has 2 unspecified atom stereocenters. The maximum atomic E-state index is 11.8. The number of amides is 1. The van der Waals surface area contributed by atoms with Gasteiger partial charge in [0.25, 0.3) is 5.91 Å². The highest BCUT2D eigenvalue weighted by atomic mass is 79.9. The van der Waals surface area contributed by atoms with Crippen LogP contribution in [-0.2, 0) is 16.3 Å². The minimum atomic E-state index is -3.13. The number of carbonyl (C=O) groups is 1. The summed E-state index contributed by atoms with van der Waals surface area (Å²) in [6, 6.07) is 5.58. The summed E-state index contributed by atoms with van der Waals surface area (Å²) in [6.45, 7) is 2.32. The predicted octanol–water partition coefficient (Wildman–Crippen LogP) is 1.84. The molecular formula is C13H16BrNO3S. The van der Waals surface area contributed by atoms with Gasteiger partial charge in [0, 0.05) is 18.4 Å². The zero-order valence-electron chi connectivity index (χ0n) is 10.8. The fourth-order valence-electron chi connectivity index (χ4n) is 2.09. The molecule has 1 N–H and O–H groups in total. The Labute approximate surface area is 121 Å². The molecule has 0 aliphatic carbocycles. The summed E-state index contributed by atoms with van der Waals surface area (Å²) >= 11 is 3.42. The molecule has 1 aromatic rings. The molecular weight excluding hydrogens is 330 g/mol. The number of halogens is 1. The Morgan fingerprint density at radius 3 is 2.68 bits per heavy atom. The van der Waals surface area contributed by atoms with Crippen molar-refractivity contribution in [3.05, 3.63) is 34.9 Å². The lowest BCUT2D eigenvalue weighted by Gasteiger charge is -2.21. The van der Waals surface area contributed by atoms with Gasteiger partial charge in [-0.25, -0.2) is 8.42 Å². The lowest BCUT2D eigenvalue weighted by atomic mass is 9.96. The van der Waals surface area contributed by atoms with Crippen LogP contribution in [0.2, 0.25) is 0 Å². The minimum Gasteiger partial charge on any atom is -0.352 e. The molecule has 4 nitrogen and oxygen atoms in total. The molecule has 0 bridgehead atoms. The van der Waals surface area contributed by atoms with Gasteiger partial charge in [-0.1, -0.05) is 28.1 Å². The number of rotatable bonds is 3. The van der Waals surface area contributed by atoms with Crippen LogP contribution in [0.5, 0.6) is 0 Å². The van der Waals surface area contributed by atoms with Crippen LogP contribution in [0.1, 0.15) is 33.2 Å². The Morgan fingerprint density at radius 1 is 1.37 bits per heavy atom. The van der Waals surface area contributed by atoms with Gasteiger partial charge in [0.15, 0.2) is 9.84 Å². The van der Waals surface area contributed by atoms with Crippen LogP contribution in [0.15, 0.2) is 18.2 Å². The van der Waals surface area contributed by atoms with Crippen molar-refractivity contribution in [1.82, 2.24) is 5.32 Å². The summed E-state index contributed by atoms with van der Waals surface area (Å²) in [5, 5.41) is 2.25. The van der Waals surface area contributed by atoms with Crippen molar-refractivity contribution >= 4 is 31.7 Å². The summed E-state index contributed by atoms with van der Waals surface area (Å²) in [7, 11) is -3.13. The normalized spacial score (nSPS) is 18.4. The SMILES string of the molecule is CC(C(Br)c1ccc2c(c1)C(=O)NCC2)S(C)(=O)=O. The van der Waals surface area contributed by atoms with Gasteiger partial charge < -0.3 is 5.32 Å². The first kappa shape index (κ1) is 14.5. The van der Waals surface area contributed by atoms with E-state index in [1.807, 2.05) is 12.1 Å². The van der Waals surface area contributed by atoms with E-state index in [2.05, 4.69) is 21.2 Å². The van der Waals surface area contributed by atoms with Gasteiger partial charge in [0.1, 0.15) is 0 Å². The van der Waals surface area contributed by atoms with Crippen LogP contribution in [0, 0.1) is 0 Å². The van der Waals surface area contributed by atoms with Gasteiger partial charge in [0.05, 0.1) is 10.1 Å². The van der Waals surface area contributed by atoms with Crippen LogP contribution in [0.4, 0.5) is 0 Å². The molecule has 1 aromatic carbocycles. The van der Waals surface area contributed by atoms with Gasteiger partial charge in [-0.15, -0.1) is 0 Å². The van der Waals surface area contributed by atoms with E-state index in [0.717, 1.165) is 17.5 Å². The van der Waals surface area contributed by atoms with E-state index in [-0.39, 0.29) is 10.7 Å². The van der Waals surface area contributed by atoms with Crippen molar-refractivity contribution in [1.29, 1.82) is 0 Å². The van der Waals surface area contributed by atoms with E-state index in [1.54, 1.807) is 13.0 Å². The highest BCUT2D eigenvalue weighted by Crippen LogP contribution is 2.32. The smallest absolute Gasteiger partial charge is 0.251 e. The molecule has 0 saturated heterocycles. The molecule has 104 valence electrons. The standard InChI is InChI=1S/C13H16BrNO3S/c1-8(19(2,17)18)12(14)10-4-3-9-5-6-15-13(16)11(9)7-10/h3-4,7-8,12H,5-6H2,1-2H3,(H,15,16). The van der Waals surface area contributed by atoms with Crippen LogP contribution in [-0.4, -0.2) is 32.4 Å². The molecule has 2 rings (SSSR count). The van der Waals surface area contributed by atoms with E-state index in [0.29, 0.717) is 12.1 Å². The quantitative estimate of drug-likeness (QED) is 0.850. The summed E-state index contributed by atoms with van der Waals surface area (Å²) in [6.07, 6.45) is 2.03. The number of nitrogens with one attached hydrogen (secondary N) is 1. The second-order valence-corrected chi connectivity index (χ2v) is 8.25. The fourth-order valence-corrected chi connectivity index (χ4v) is 4.14. The van der Waals surface area contributed by atoms with Gasteiger partial charge >= 0.3 is 0 Å². The molecule has 0 radical (unpaired) electrons. The molecule has 6 heteroatoms. The molecule has 19 heavy (non-hydrogen) atoms. The molecule has 0 aromatic heterocycles.